The number of fused-ring (bicyclic) bond motifs is 1. The van der Waals surface area contributed by atoms with Crippen LogP contribution in [0.15, 0.2) is 18.3 Å². The number of hydrogen-bond donors (Lipinski definition) is 0. The predicted molar refractivity (Wildman–Crippen MR) is 78.7 cm³/mol. The molecule has 3 aromatic heterocycles. The molecule has 0 bridgehead atoms. The van der Waals surface area contributed by atoms with E-state index in [-0.39, 0.29) is 5.82 Å². The second-order valence-corrected chi connectivity index (χ2v) is 4.82. The molecule has 3 aromatic rings. The van der Waals surface area contributed by atoms with Gasteiger partial charge in [0.25, 0.3) is 5.82 Å². The normalized spacial score (nSPS) is 11.0. The Bertz CT molecular complexity index is 850. The second kappa shape index (κ2) is 5.06. The van der Waals surface area contributed by atoms with Crippen molar-refractivity contribution in [2.75, 3.05) is 19.0 Å². The maximum absolute atomic E-state index is 11.1. The molecule has 0 aromatic carbocycles. The first kappa shape index (κ1) is 13.9. The lowest BCUT2D eigenvalue weighted by molar-refractivity contribution is -0.392. The van der Waals surface area contributed by atoms with Crippen molar-refractivity contribution in [2.45, 2.75) is 13.5 Å². The third kappa shape index (κ3) is 2.05. The lowest BCUT2D eigenvalue weighted by Crippen LogP contribution is -2.13. The molecule has 0 saturated carbocycles. The van der Waals surface area contributed by atoms with Crippen molar-refractivity contribution in [3.63, 3.8) is 0 Å². The van der Waals surface area contributed by atoms with Crippen LogP contribution in [0.3, 0.4) is 0 Å². The number of hydrogen-bond acceptors (Lipinski definition) is 7. The van der Waals surface area contributed by atoms with Crippen molar-refractivity contribution >= 4 is 17.3 Å². The quantitative estimate of drug-likeness (QED) is 0.522. The Labute approximate surface area is 125 Å². The summed E-state index contributed by atoms with van der Waals surface area (Å²) in [5.74, 6) is 1.37. The third-order valence-electron chi connectivity index (χ3n) is 3.24. The summed E-state index contributed by atoms with van der Waals surface area (Å²) in [5.41, 5.74) is 0.550. The molecule has 0 radical (unpaired) electrons. The topological polar surface area (TPSA) is 107 Å². The van der Waals surface area contributed by atoms with Gasteiger partial charge in [-0.3, -0.25) is 0 Å². The van der Waals surface area contributed by atoms with Gasteiger partial charge in [-0.1, -0.05) is 0 Å². The first-order valence-electron chi connectivity index (χ1n) is 6.63. The summed E-state index contributed by atoms with van der Waals surface area (Å²) < 4.78 is 3.01. The zero-order chi connectivity index (χ0) is 15.9. The molecule has 0 N–H and O–H groups in total. The largest absolute Gasteiger partial charge is 0.361 e. The maximum atomic E-state index is 11.1. The van der Waals surface area contributed by atoms with Crippen molar-refractivity contribution in [2.24, 2.45) is 0 Å². The van der Waals surface area contributed by atoms with Crippen molar-refractivity contribution < 1.29 is 4.92 Å². The van der Waals surface area contributed by atoms with Crippen LogP contribution in [0.4, 0.5) is 11.6 Å². The average molecular weight is 302 g/mol. The minimum absolute atomic E-state index is 0.0852. The fourth-order valence-corrected chi connectivity index (χ4v) is 2.16. The molecule has 0 atom stereocenters. The zero-order valence-electron chi connectivity index (χ0n) is 12.3. The van der Waals surface area contributed by atoms with Gasteiger partial charge in [0.15, 0.2) is 5.65 Å². The number of nitrogens with zero attached hydrogens (tertiary/aromatic N) is 8. The SMILES string of the molecule is CCn1c([N+](=O)[O-])cnc1-c1nnc2ccc(N(C)C)nn12. The van der Waals surface area contributed by atoms with E-state index < -0.39 is 4.92 Å². The van der Waals surface area contributed by atoms with Crippen LogP contribution >= 0.6 is 0 Å². The predicted octanol–water partition coefficient (Wildman–Crippen LogP) is 0.982. The molecule has 3 heterocycles. The van der Waals surface area contributed by atoms with E-state index in [4.69, 9.17) is 0 Å². The average Bonchev–Trinajstić information content (AvgIpc) is 3.09. The first-order valence-corrected chi connectivity index (χ1v) is 6.63. The Morgan fingerprint density at radius 1 is 1.27 bits per heavy atom. The molecular formula is C12H14N8O2. The lowest BCUT2D eigenvalue weighted by Gasteiger charge is -2.10. The van der Waals surface area contributed by atoms with Crippen LogP contribution in [0.25, 0.3) is 17.3 Å². The fraction of sp³-hybridized carbons (Fsp3) is 0.333. The van der Waals surface area contributed by atoms with Gasteiger partial charge < -0.3 is 15.0 Å². The molecule has 3 rings (SSSR count). The molecule has 0 aliphatic carbocycles. The van der Waals surface area contributed by atoms with E-state index >= 15 is 0 Å². The molecule has 0 fully saturated rings. The summed E-state index contributed by atoms with van der Waals surface area (Å²) in [5, 5.41) is 23.6. The Balaban J connectivity index is 2.22. The summed E-state index contributed by atoms with van der Waals surface area (Å²) in [6, 6.07) is 3.61. The number of aromatic nitrogens is 6. The van der Waals surface area contributed by atoms with Crippen LogP contribution in [0.1, 0.15) is 6.92 Å². The first-order chi connectivity index (χ1) is 10.5. The number of nitro groups is 1. The van der Waals surface area contributed by atoms with Crippen LogP contribution in [0, 0.1) is 10.1 Å². The monoisotopic (exact) mass is 302 g/mol. The smallest absolute Gasteiger partial charge is 0.343 e. The van der Waals surface area contributed by atoms with Gasteiger partial charge >= 0.3 is 5.82 Å². The standard InChI is InChI=1S/C12H14N8O2/c1-4-18-10(20(21)22)7-13-11(18)12-15-14-8-5-6-9(17(2)3)16-19(8)12/h5-7H,4H2,1-3H3. The van der Waals surface area contributed by atoms with Gasteiger partial charge in [-0.15, -0.1) is 15.3 Å². The zero-order valence-corrected chi connectivity index (χ0v) is 12.3. The van der Waals surface area contributed by atoms with E-state index in [1.54, 1.807) is 13.0 Å². The van der Waals surface area contributed by atoms with Crippen molar-refractivity contribution in [3.8, 4) is 11.6 Å². The summed E-state index contributed by atoms with van der Waals surface area (Å²) in [6.45, 7) is 2.20. The van der Waals surface area contributed by atoms with Gasteiger partial charge in [0.05, 0.1) is 6.54 Å². The van der Waals surface area contributed by atoms with Crippen molar-refractivity contribution in [3.05, 3.63) is 28.4 Å². The van der Waals surface area contributed by atoms with E-state index in [1.165, 1.54) is 15.3 Å². The van der Waals surface area contributed by atoms with Crippen LogP contribution in [0.2, 0.25) is 0 Å². The minimum Gasteiger partial charge on any atom is -0.361 e. The molecule has 10 heteroatoms. The molecule has 0 aliphatic heterocycles. The van der Waals surface area contributed by atoms with E-state index in [9.17, 15) is 10.1 Å². The molecule has 0 saturated heterocycles. The highest BCUT2D eigenvalue weighted by molar-refractivity contribution is 5.55. The van der Waals surface area contributed by atoms with E-state index in [0.717, 1.165) is 5.82 Å². The number of imidazole rings is 1. The van der Waals surface area contributed by atoms with Crippen LogP contribution in [-0.4, -0.2) is 48.4 Å². The van der Waals surface area contributed by atoms with E-state index in [2.05, 4.69) is 20.3 Å². The third-order valence-corrected chi connectivity index (χ3v) is 3.24. The highest BCUT2D eigenvalue weighted by Gasteiger charge is 2.24. The molecule has 22 heavy (non-hydrogen) atoms. The Morgan fingerprint density at radius 2 is 2.05 bits per heavy atom. The summed E-state index contributed by atoms with van der Waals surface area (Å²) in [6.07, 6.45) is 1.22. The van der Waals surface area contributed by atoms with Crippen LogP contribution < -0.4 is 4.90 Å². The highest BCUT2D eigenvalue weighted by atomic mass is 16.6. The molecule has 0 aliphatic rings. The van der Waals surface area contributed by atoms with Crippen molar-refractivity contribution in [1.29, 1.82) is 0 Å². The molecular weight excluding hydrogens is 288 g/mol. The summed E-state index contributed by atoms with van der Waals surface area (Å²) in [4.78, 5) is 16.5. The molecule has 10 nitrogen and oxygen atoms in total. The van der Waals surface area contributed by atoms with Gasteiger partial charge in [-0.25, -0.2) is 9.55 Å². The molecule has 114 valence electrons. The lowest BCUT2D eigenvalue weighted by atomic mass is 10.5. The highest BCUT2D eigenvalue weighted by Crippen LogP contribution is 2.23. The maximum Gasteiger partial charge on any atom is 0.343 e. The van der Waals surface area contributed by atoms with Gasteiger partial charge in [0, 0.05) is 14.1 Å². The fourth-order valence-electron chi connectivity index (χ4n) is 2.16. The second-order valence-electron chi connectivity index (χ2n) is 4.82. The van der Waals surface area contributed by atoms with Gasteiger partial charge in [0.2, 0.25) is 5.82 Å². The van der Waals surface area contributed by atoms with Crippen LogP contribution in [-0.2, 0) is 6.54 Å². The Kier molecular flexibility index (Phi) is 3.20. The Morgan fingerprint density at radius 3 is 2.68 bits per heavy atom. The van der Waals surface area contributed by atoms with Crippen LogP contribution in [0.5, 0.6) is 0 Å². The number of rotatable bonds is 4. The molecule has 0 amide bonds. The summed E-state index contributed by atoms with van der Waals surface area (Å²) in [7, 11) is 3.74. The molecule has 0 unspecified atom stereocenters. The summed E-state index contributed by atoms with van der Waals surface area (Å²) >= 11 is 0. The van der Waals surface area contributed by atoms with Gasteiger partial charge in [0.1, 0.15) is 12.0 Å². The van der Waals surface area contributed by atoms with Gasteiger partial charge in [-0.2, -0.15) is 4.52 Å². The van der Waals surface area contributed by atoms with E-state index in [0.29, 0.717) is 23.8 Å². The van der Waals surface area contributed by atoms with Gasteiger partial charge in [-0.05, 0) is 24.0 Å². The van der Waals surface area contributed by atoms with Crippen molar-refractivity contribution in [1.82, 2.24) is 29.4 Å². The molecule has 0 spiro atoms. The Hall–Kier alpha value is -3.04. The minimum atomic E-state index is -0.470. The number of anilines is 1. The van der Waals surface area contributed by atoms with E-state index in [1.807, 2.05) is 25.1 Å².